The Morgan fingerprint density at radius 1 is 1.32 bits per heavy atom. The molecule has 0 N–H and O–H groups in total. The van der Waals surface area contributed by atoms with Gasteiger partial charge in [-0.3, -0.25) is 4.57 Å². The minimum atomic E-state index is 0.366. The number of rotatable bonds is 4. The van der Waals surface area contributed by atoms with Gasteiger partial charge in [0.15, 0.2) is 5.65 Å². The van der Waals surface area contributed by atoms with Crippen molar-refractivity contribution in [1.29, 1.82) is 5.26 Å². The fourth-order valence-corrected chi connectivity index (χ4v) is 2.68. The summed E-state index contributed by atoms with van der Waals surface area (Å²) in [7, 11) is 1.62. The number of piperidine rings is 1. The third-order valence-corrected chi connectivity index (χ3v) is 3.75. The summed E-state index contributed by atoms with van der Waals surface area (Å²) in [5, 5.41) is 9.52. The summed E-state index contributed by atoms with van der Waals surface area (Å²) in [5.74, 6) is 0. The molecule has 1 fully saturated rings. The number of methoxy groups -OCH3 is 1. The minimum absolute atomic E-state index is 0.366. The third kappa shape index (κ3) is 2.78. The van der Waals surface area contributed by atoms with Crippen LogP contribution in [0.2, 0.25) is 0 Å². The molecule has 0 unspecified atom stereocenters. The highest BCUT2D eigenvalue weighted by Crippen LogP contribution is 2.21. The van der Waals surface area contributed by atoms with Crippen molar-refractivity contribution < 1.29 is 4.74 Å². The number of nitrogens with zero attached hydrogens (tertiary/aromatic N) is 6. The summed E-state index contributed by atoms with van der Waals surface area (Å²) in [5.41, 5.74) is 2.40. The number of hydrogen-bond donors (Lipinski definition) is 0. The number of imidazole rings is 1. The van der Waals surface area contributed by atoms with E-state index in [1.807, 2.05) is 6.20 Å². The first-order valence-corrected chi connectivity index (χ1v) is 7.34. The fraction of sp³-hybridized carbons (Fsp3) is 0.467. The van der Waals surface area contributed by atoms with E-state index >= 15 is 0 Å². The standard InChI is InChI=1S/C15H18N6O/c1-22-11-21-10-19-14-13(17-9-18-15(14)21)12(7-16)8-20-5-3-2-4-6-20/h8-10H,2-6,11H2,1H3/b12-8+. The Morgan fingerprint density at radius 3 is 2.86 bits per heavy atom. The summed E-state index contributed by atoms with van der Waals surface area (Å²) < 4.78 is 6.91. The second-order valence-electron chi connectivity index (χ2n) is 5.28. The van der Waals surface area contributed by atoms with Gasteiger partial charge in [0.2, 0.25) is 0 Å². The number of hydrogen-bond acceptors (Lipinski definition) is 6. The molecular formula is C15H18N6O. The maximum atomic E-state index is 9.52. The summed E-state index contributed by atoms with van der Waals surface area (Å²) >= 11 is 0. The maximum Gasteiger partial charge on any atom is 0.165 e. The van der Waals surface area contributed by atoms with Gasteiger partial charge in [0, 0.05) is 26.4 Å². The molecule has 0 aliphatic carbocycles. The van der Waals surface area contributed by atoms with Crippen LogP contribution >= 0.6 is 0 Å². The van der Waals surface area contributed by atoms with Crippen molar-refractivity contribution in [2.24, 2.45) is 0 Å². The van der Waals surface area contributed by atoms with Crippen LogP contribution in [-0.2, 0) is 11.5 Å². The van der Waals surface area contributed by atoms with Crippen LogP contribution in [0.4, 0.5) is 0 Å². The summed E-state index contributed by atoms with van der Waals surface area (Å²) in [6.07, 6.45) is 8.60. The molecule has 7 nitrogen and oxygen atoms in total. The normalized spacial score (nSPS) is 16.0. The Labute approximate surface area is 128 Å². The van der Waals surface area contributed by atoms with Gasteiger partial charge in [0.1, 0.15) is 30.3 Å². The Kier molecular flexibility index (Phi) is 4.30. The molecule has 0 bridgehead atoms. The van der Waals surface area contributed by atoms with Crippen molar-refractivity contribution in [2.75, 3.05) is 20.2 Å². The Morgan fingerprint density at radius 2 is 2.14 bits per heavy atom. The topological polar surface area (TPSA) is 79.9 Å². The number of aromatic nitrogens is 4. The van der Waals surface area contributed by atoms with E-state index in [0.29, 0.717) is 29.2 Å². The molecule has 3 heterocycles. The monoisotopic (exact) mass is 298 g/mol. The van der Waals surface area contributed by atoms with Crippen LogP contribution in [0.3, 0.4) is 0 Å². The van der Waals surface area contributed by atoms with Crippen molar-refractivity contribution in [3.63, 3.8) is 0 Å². The van der Waals surface area contributed by atoms with Crippen molar-refractivity contribution in [3.8, 4) is 6.07 Å². The molecule has 114 valence electrons. The smallest absolute Gasteiger partial charge is 0.165 e. The molecule has 22 heavy (non-hydrogen) atoms. The number of fused-ring (bicyclic) bond motifs is 1. The lowest BCUT2D eigenvalue weighted by atomic mass is 10.1. The van der Waals surface area contributed by atoms with E-state index in [9.17, 15) is 5.26 Å². The van der Waals surface area contributed by atoms with Crippen LogP contribution in [0.5, 0.6) is 0 Å². The first-order chi connectivity index (χ1) is 10.8. The maximum absolute atomic E-state index is 9.52. The predicted molar refractivity (Wildman–Crippen MR) is 81.3 cm³/mol. The van der Waals surface area contributed by atoms with Gasteiger partial charge in [-0.15, -0.1) is 0 Å². The van der Waals surface area contributed by atoms with Crippen LogP contribution in [0.15, 0.2) is 18.9 Å². The van der Waals surface area contributed by atoms with Crippen molar-refractivity contribution in [2.45, 2.75) is 26.0 Å². The molecular weight excluding hydrogens is 280 g/mol. The van der Waals surface area contributed by atoms with Gasteiger partial charge in [0.25, 0.3) is 0 Å². The summed E-state index contributed by atoms with van der Waals surface area (Å²) in [6, 6.07) is 2.25. The van der Waals surface area contributed by atoms with E-state index in [1.165, 1.54) is 12.7 Å². The van der Waals surface area contributed by atoms with E-state index in [1.54, 1.807) is 18.0 Å². The van der Waals surface area contributed by atoms with Gasteiger partial charge in [-0.1, -0.05) is 0 Å². The predicted octanol–water partition coefficient (Wildman–Crippen LogP) is 1.78. The van der Waals surface area contributed by atoms with Crippen molar-refractivity contribution >= 4 is 16.7 Å². The van der Waals surface area contributed by atoms with E-state index in [4.69, 9.17) is 4.74 Å². The van der Waals surface area contributed by atoms with E-state index in [2.05, 4.69) is 25.9 Å². The Balaban J connectivity index is 2.00. The molecule has 2 aromatic heterocycles. The molecule has 0 atom stereocenters. The first kappa shape index (κ1) is 14.5. The molecule has 1 aliphatic heterocycles. The third-order valence-electron chi connectivity index (χ3n) is 3.75. The van der Waals surface area contributed by atoms with E-state index in [0.717, 1.165) is 25.9 Å². The molecule has 3 rings (SSSR count). The molecule has 0 saturated carbocycles. The number of nitriles is 1. The highest BCUT2D eigenvalue weighted by molar-refractivity contribution is 5.89. The Bertz CT molecular complexity index is 723. The van der Waals surface area contributed by atoms with Gasteiger partial charge in [0.05, 0.1) is 11.9 Å². The van der Waals surface area contributed by atoms with Crippen molar-refractivity contribution in [3.05, 3.63) is 24.5 Å². The van der Waals surface area contributed by atoms with Gasteiger partial charge >= 0.3 is 0 Å². The van der Waals surface area contributed by atoms with Crippen LogP contribution in [0.25, 0.3) is 16.7 Å². The molecule has 7 heteroatoms. The number of allylic oxidation sites excluding steroid dienone is 1. The number of ether oxygens (including phenoxy) is 1. The average Bonchev–Trinajstić information content (AvgIpc) is 2.97. The van der Waals surface area contributed by atoms with Crippen molar-refractivity contribution in [1.82, 2.24) is 24.4 Å². The van der Waals surface area contributed by atoms with Crippen LogP contribution in [-0.4, -0.2) is 44.6 Å². The molecule has 1 saturated heterocycles. The van der Waals surface area contributed by atoms with Crippen LogP contribution < -0.4 is 0 Å². The number of likely N-dealkylation sites (tertiary alicyclic amines) is 1. The Hall–Kier alpha value is -2.46. The second kappa shape index (κ2) is 6.54. The molecule has 0 radical (unpaired) electrons. The summed E-state index contributed by atoms with van der Waals surface area (Å²) in [4.78, 5) is 15.0. The quantitative estimate of drug-likeness (QED) is 0.800. The van der Waals surface area contributed by atoms with Gasteiger partial charge in [-0.05, 0) is 19.3 Å². The molecule has 1 aliphatic rings. The zero-order valence-electron chi connectivity index (χ0n) is 12.6. The highest BCUT2D eigenvalue weighted by atomic mass is 16.5. The molecule has 2 aromatic rings. The minimum Gasteiger partial charge on any atom is -0.376 e. The summed E-state index contributed by atoms with van der Waals surface area (Å²) in [6.45, 7) is 2.33. The largest absolute Gasteiger partial charge is 0.376 e. The lowest BCUT2D eigenvalue weighted by Crippen LogP contribution is -2.24. The zero-order chi connectivity index (χ0) is 15.4. The van der Waals surface area contributed by atoms with E-state index < -0.39 is 0 Å². The lowest BCUT2D eigenvalue weighted by molar-refractivity contribution is 0.134. The van der Waals surface area contributed by atoms with Gasteiger partial charge in [-0.2, -0.15) is 5.26 Å². The molecule has 0 aromatic carbocycles. The van der Waals surface area contributed by atoms with E-state index in [-0.39, 0.29) is 0 Å². The average molecular weight is 298 g/mol. The highest BCUT2D eigenvalue weighted by Gasteiger charge is 2.15. The van der Waals surface area contributed by atoms with Crippen LogP contribution in [0.1, 0.15) is 25.0 Å². The zero-order valence-corrected chi connectivity index (χ0v) is 12.6. The molecule has 0 spiro atoms. The van der Waals surface area contributed by atoms with Crippen LogP contribution in [0, 0.1) is 11.3 Å². The SMILES string of the molecule is COCn1cnc2c(/C(C#N)=C/N3CCCCC3)ncnc21. The first-order valence-electron chi connectivity index (χ1n) is 7.34. The fourth-order valence-electron chi connectivity index (χ4n) is 2.68. The van der Waals surface area contributed by atoms with Gasteiger partial charge in [-0.25, -0.2) is 15.0 Å². The lowest BCUT2D eigenvalue weighted by Gasteiger charge is -2.25. The second-order valence-corrected chi connectivity index (χ2v) is 5.28. The molecule has 0 amide bonds. The van der Waals surface area contributed by atoms with Gasteiger partial charge < -0.3 is 9.64 Å².